The molecule has 1 aromatic carbocycles. The molecule has 0 aliphatic carbocycles. The fourth-order valence-corrected chi connectivity index (χ4v) is 2.35. The van der Waals surface area contributed by atoms with Crippen molar-refractivity contribution in [2.45, 2.75) is 73.4 Å². The van der Waals surface area contributed by atoms with Crippen molar-refractivity contribution in [2.24, 2.45) is 0 Å². The number of rotatable bonds is 1. The number of halogens is 1. The van der Waals surface area contributed by atoms with Crippen molar-refractivity contribution < 1.29 is 33.9 Å². The molecular formula is C18H32ClN3O4. The van der Waals surface area contributed by atoms with E-state index >= 15 is 0 Å². The van der Waals surface area contributed by atoms with Crippen LogP contribution in [0, 0.1) is 31.0 Å². The van der Waals surface area contributed by atoms with Crippen molar-refractivity contribution in [1.82, 2.24) is 5.32 Å². The van der Waals surface area contributed by atoms with Crippen molar-refractivity contribution in [3.8, 4) is 0 Å². The Balaban J connectivity index is 0.00000110. The average Bonchev–Trinajstić information content (AvgIpc) is 2.27. The first kappa shape index (κ1) is 24.6. The highest BCUT2D eigenvalue weighted by atomic mass is 35.7. The molecule has 0 amide bonds. The summed E-state index contributed by atoms with van der Waals surface area (Å²) >= 11 is 0. The van der Waals surface area contributed by atoms with Crippen LogP contribution in [0.2, 0.25) is 0 Å². The van der Waals surface area contributed by atoms with Gasteiger partial charge in [0.25, 0.3) is 0 Å². The van der Waals surface area contributed by atoms with Crippen molar-refractivity contribution >= 4 is 11.6 Å². The first-order chi connectivity index (χ1) is 11.4. The molecule has 0 spiro atoms. The maximum atomic E-state index is 8.49. The fourth-order valence-electron chi connectivity index (χ4n) is 2.35. The molecule has 0 saturated carbocycles. The number of benzene rings is 1. The number of aryl methyl sites for hydroxylation is 3. The van der Waals surface area contributed by atoms with Gasteiger partial charge in [-0.3, -0.25) is 10.3 Å². The van der Waals surface area contributed by atoms with E-state index in [0.29, 0.717) is 0 Å². The van der Waals surface area contributed by atoms with Crippen molar-refractivity contribution in [1.29, 1.82) is 0 Å². The van der Waals surface area contributed by atoms with Crippen LogP contribution in [0.25, 0.3) is 0 Å². The maximum absolute atomic E-state index is 8.49. The van der Waals surface area contributed by atoms with Crippen LogP contribution in [0.1, 0.15) is 58.2 Å². The standard InChI is InChI=1S/C18H31N3.ClHO4/c1-12-10-13(2)15(14(3)11-12)19-16(20-17(4,5)6)21-18(7,8)9;2-1(3,4)5/h10-11H,1-9H3,(H2,19,20,21);(H,2,3,4,5). The second-order valence-corrected chi connectivity index (χ2v) is 9.16. The largest absolute Gasteiger partial charge is 0.349 e. The fraction of sp³-hybridized carbons (Fsp3) is 0.611. The van der Waals surface area contributed by atoms with Gasteiger partial charge in [0.2, 0.25) is 0 Å². The minimum atomic E-state index is -4.94. The lowest BCUT2D eigenvalue weighted by atomic mass is 10.0. The Morgan fingerprint density at radius 1 is 0.885 bits per heavy atom. The van der Waals surface area contributed by atoms with E-state index < -0.39 is 10.2 Å². The van der Waals surface area contributed by atoms with Gasteiger partial charge in [0, 0.05) is 0 Å². The van der Waals surface area contributed by atoms with E-state index in [2.05, 4.69) is 90.1 Å². The van der Waals surface area contributed by atoms with E-state index in [-0.39, 0.29) is 11.1 Å². The molecule has 1 aromatic rings. The molecule has 26 heavy (non-hydrogen) atoms. The summed E-state index contributed by atoms with van der Waals surface area (Å²) in [6, 6.07) is 4.42. The van der Waals surface area contributed by atoms with Gasteiger partial charge in [-0.15, -0.1) is 10.2 Å². The second-order valence-electron chi connectivity index (χ2n) is 8.40. The Morgan fingerprint density at radius 2 is 1.27 bits per heavy atom. The third kappa shape index (κ3) is 12.9. The highest BCUT2D eigenvalue weighted by Crippen LogP contribution is 2.21. The molecule has 1 rings (SSSR count). The summed E-state index contributed by atoms with van der Waals surface area (Å²) in [5.74, 6) is 0.949. The SMILES string of the molecule is Cc1cc(C)c(NC(NC(C)(C)C)=[NH+]C(C)(C)C)c(C)c1.[O-][Cl+3]([O-])([O-])[O-]. The molecule has 0 aliphatic rings. The quantitative estimate of drug-likeness (QED) is 0.372. The Morgan fingerprint density at radius 3 is 1.58 bits per heavy atom. The highest BCUT2D eigenvalue weighted by molar-refractivity contribution is 5.91. The van der Waals surface area contributed by atoms with E-state index in [4.69, 9.17) is 18.6 Å². The molecule has 0 aliphatic heterocycles. The van der Waals surface area contributed by atoms with Crippen molar-refractivity contribution in [3.05, 3.63) is 28.8 Å². The zero-order chi connectivity index (χ0) is 20.9. The van der Waals surface area contributed by atoms with E-state index in [9.17, 15) is 0 Å². The lowest BCUT2D eigenvalue weighted by Crippen LogP contribution is -2.88. The van der Waals surface area contributed by atoms with Crippen LogP contribution in [0.5, 0.6) is 0 Å². The number of hydrogen-bond donors (Lipinski definition) is 3. The van der Waals surface area contributed by atoms with Crippen molar-refractivity contribution in [2.75, 3.05) is 5.32 Å². The Kier molecular flexibility index (Phi) is 8.53. The predicted octanol–water partition coefficient (Wildman–Crippen LogP) is -2.11. The topological polar surface area (TPSA) is 130 Å². The molecule has 7 nitrogen and oxygen atoms in total. The molecule has 0 fully saturated rings. The van der Waals surface area contributed by atoms with Gasteiger partial charge in [0.1, 0.15) is 5.69 Å². The predicted molar refractivity (Wildman–Crippen MR) is 92.9 cm³/mol. The molecule has 0 heterocycles. The van der Waals surface area contributed by atoms with Crippen LogP contribution in [0.15, 0.2) is 12.1 Å². The minimum absolute atomic E-state index is 0.00686. The van der Waals surface area contributed by atoms with Gasteiger partial charge >= 0.3 is 5.96 Å². The Hall–Kier alpha value is -1.38. The molecule has 3 N–H and O–H groups in total. The van der Waals surface area contributed by atoms with Gasteiger partial charge in [-0.25, -0.2) is 24.0 Å². The monoisotopic (exact) mass is 389 g/mol. The Bertz CT molecular complexity index is 598. The minimum Gasteiger partial charge on any atom is -0.273 e. The van der Waals surface area contributed by atoms with E-state index in [1.165, 1.54) is 22.4 Å². The molecule has 0 aromatic heterocycles. The maximum Gasteiger partial charge on any atom is 0.349 e. The molecule has 150 valence electrons. The van der Waals surface area contributed by atoms with Gasteiger partial charge in [0.15, 0.2) is 0 Å². The number of guanidine groups is 1. The summed E-state index contributed by atoms with van der Waals surface area (Å²) in [7, 11) is -4.94. The van der Waals surface area contributed by atoms with Crippen molar-refractivity contribution in [3.63, 3.8) is 0 Å². The first-order valence-corrected chi connectivity index (χ1v) is 9.51. The summed E-state index contributed by atoms with van der Waals surface area (Å²) in [5, 5.41) is 7.08. The second kappa shape index (κ2) is 9.01. The number of hydrogen-bond acceptors (Lipinski definition) is 4. The van der Waals surface area contributed by atoms with Crippen LogP contribution < -0.4 is 34.3 Å². The molecule has 0 bridgehead atoms. The van der Waals surface area contributed by atoms with Gasteiger partial charge in [-0.2, -0.15) is 0 Å². The van der Waals surface area contributed by atoms with Crippen LogP contribution in [0.4, 0.5) is 5.69 Å². The molecule has 0 unspecified atom stereocenters. The summed E-state index contributed by atoms with van der Waals surface area (Å²) in [6.45, 7) is 19.4. The van der Waals surface area contributed by atoms with Gasteiger partial charge in [-0.05, 0) is 73.4 Å². The highest BCUT2D eigenvalue weighted by Gasteiger charge is 2.22. The number of nitrogens with one attached hydrogen (secondary N) is 3. The van der Waals surface area contributed by atoms with Crippen LogP contribution in [-0.2, 0) is 0 Å². The van der Waals surface area contributed by atoms with Gasteiger partial charge in [0.05, 0.1) is 11.1 Å². The third-order valence-corrected chi connectivity index (χ3v) is 2.93. The zero-order valence-electron chi connectivity index (χ0n) is 17.2. The van der Waals surface area contributed by atoms with Crippen LogP contribution in [-0.4, -0.2) is 17.0 Å². The molecule has 0 saturated heterocycles. The normalized spacial score (nSPS) is 13.0. The Labute approximate surface area is 158 Å². The van der Waals surface area contributed by atoms with E-state index in [1.54, 1.807) is 0 Å². The molecule has 0 atom stereocenters. The lowest BCUT2D eigenvalue weighted by Gasteiger charge is -2.22. The van der Waals surface area contributed by atoms with Gasteiger partial charge < -0.3 is 0 Å². The lowest BCUT2D eigenvalue weighted by molar-refractivity contribution is -2.00. The first-order valence-electron chi connectivity index (χ1n) is 8.27. The van der Waals surface area contributed by atoms with Crippen LogP contribution >= 0.6 is 0 Å². The average molecular weight is 390 g/mol. The van der Waals surface area contributed by atoms with Crippen LogP contribution in [0.3, 0.4) is 0 Å². The van der Waals surface area contributed by atoms with Gasteiger partial charge in [-0.1, -0.05) is 17.7 Å². The molecule has 0 radical (unpaired) electrons. The molecular weight excluding hydrogens is 358 g/mol. The third-order valence-electron chi connectivity index (χ3n) is 2.93. The van der Waals surface area contributed by atoms with E-state index in [0.717, 1.165) is 5.96 Å². The summed E-state index contributed by atoms with van der Waals surface area (Å²) < 4.78 is 34.0. The number of anilines is 1. The van der Waals surface area contributed by atoms with E-state index in [1.807, 2.05) is 0 Å². The smallest absolute Gasteiger partial charge is 0.273 e. The zero-order valence-corrected chi connectivity index (χ0v) is 17.9. The summed E-state index contributed by atoms with van der Waals surface area (Å²) in [4.78, 5) is 3.52. The summed E-state index contributed by atoms with van der Waals surface area (Å²) in [5.41, 5.74) is 4.97. The molecule has 8 heteroatoms. The summed E-state index contributed by atoms with van der Waals surface area (Å²) in [6.07, 6.45) is 0.